The van der Waals surface area contributed by atoms with Crippen LogP contribution in [0.4, 0.5) is 0 Å². The smallest absolute Gasteiger partial charge is 0.335 e. The molecular weight excluding hydrogens is 218 g/mol. The van der Waals surface area contributed by atoms with Crippen molar-refractivity contribution in [3.05, 3.63) is 24.3 Å². The number of morpholine rings is 1. The lowest BCUT2D eigenvalue weighted by Crippen LogP contribution is -2.34. The molecule has 0 saturated carbocycles. The van der Waals surface area contributed by atoms with Crippen LogP contribution in [0, 0.1) is 0 Å². The lowest BCUT2D eigenvalue weighted by Gasteiger charge is -2.21. The Labute approximate surface area is 90.7 Å². The van der Waals surface area contributed by atoms with Gasteiger partial charge in [-0.1, -0.05) is 0 Å². The van der Waals surface area contributed by atoms with Gasteiger partial charge in [-0.25, -0.2) is 9.97 Å². The number of rotatable bonds is 1. The van der Waals surface area contributed by atoms with E-state index in [1.165, 1.54) is 0 Å². The predicted octanol–water partition coefficient (Wildman–Crippen LogP) is -0.533. The average molecular weight is 229 g/mol. The number of hydrogen-bond donors (Lipinski definition) is 1. The normalized spacial score (nSPS) is 19.9. The molecule has 0 radical (unpaired) electrons. The van der Waals surface area contributed by atoms with Gasteiger partial charge in [-0.3, -0.25) is 0 Å². The molecule has 1 saturated heterocycles. The number of nitrogens with one attached hydrogen (secondary N) is 1. The highest BCUT2D eigenvalue weighted by molar-refractivity contribution is 7.51. The molecule has 1 aromatic heterocycles. The molecule has 1 unspecified atom stereocenters. The van der Waals surface area contributed by atoms with Gasteiger partial charge in [-0.05, 0) is 6.07 Å². The summed E-state index contributed by atoms with van der Waals surface area (Å²) in [5.41, 5.74) is 0. The van der Waals surface area contributed by atoms with Crippen molar-refractivity contribution in [1.29, 1.82) is 0 Å². The minimum Gasteiger partial charge on any atom is -0.368 e. The summed E-state index contributed by atoms with van der Waals surface area (Å²) >= 11 is -0.750. The highest BCUT2D eigenvalue weighted by Crippen LogP contribution is 2.12. The second-order valence-electron chi connectivity index (χ2n) is 2.74. The molecule has 1 aliphatic rings. The van der Waals surface area contributed by atoms with Crippen molar-refractivity contribution in [2.45, 2.75) is 6.10 Å². The van der Waals surface area contributed by atoms with Crippen molar-refractivity contribution in [1.82, 2.24) is 15.3 Å². The molecule has 82 valence electrons. The molecular formula is C8H11N3O3S. The first-order valence-electron chi connectivity index (χ1n) is 4.39. The zero-order chi connectivity index (χ0) is 10.9. The Kier molecular flexibility index (Phi) is 5.67. The van der Waals surface area contributed by atoms with E-state index in [4.69, 9.17) is 13.2 Å². The summed E-state index contributed by atoms with van der Waals surface area (Å²) in [6.07, 6.45) is 3.50. The van der Waals surface area contributed by atoms with Gasteiger partial charge in [0.05, 0.1) is 6.61 Å². The molecule has 1 aliphatic heterocycles. The Morgan fingerprint density at radius 2 is 2.07 bits per heavy atom. The van der Waals surface area contributed by atoms with E-state index in [0.29, 0.717) is 0 Å². The molecule has 0 aliphatic carbocycles. The highest BCUT2D eigenvalue weighted by Gasteiger charge is 2.17. The van der Waals surface area contributed by atoms with E-state index in [-0.39, 0.29) is 6.10 Å². The zero-order valence-electron chi connectivity index (χ0n) is 7.96. The minimum atomic E-state index is -0.750. The molecule has 0 aromatic carbocycles. The second-order valence-corrected chi connectivity index (χ2v) is 2.87. The Morgan fingerprint density at radius 1 is 1.40 bits per heavy atom. The fourth-order valence-electron chi connectivity index (χ4n) is 1.21. The van der Waals surface area contributed by atoms with Crippen molar-refractivity contribution in [2.24, 2.45) is 0 Å². The van der Waals surface area contributed by atoms with Gasteiger partial charge >= 0.3 is 11.6 Å². The van der Waals surface area contributed by atoms with Crippen LogP contribution < -0.4 is 5.32 Å². The number of nitrogens with zero attached hydrogens (tertiary/aromatic N) is 2. The lowest BCUT2D eigenvalue weighted by molar-refractivity contribution is 0.0221. The zero-order valence-corrected chi connectivity index (χ0v) is 8.77. The topological polar surface area (TPSA) is 81.2 Å². The molecule has 1 atom stereocenters. The van der Waals surface area contributed by atoms with E-state index < -0.39 is 11.6 Å². The van der Waals surface area contributed by atoms with Gasteiger partial charge in [0.25, 0.3) is 0 Å². The quantitative estimate of drug-likeness (QED) is 0.697. The van der Waals surface area contributed by atoms with Crippen molar-refractivity contribution < 1.29 is 13.2 Å². The van der Waals surface area contributed by atoms with Gasteiger partial charge in [0, 0.05) is 25.5 Å². The van der Waals surface area contributed by atoms with Crippen LogP contribution in [-0.4, -0.2) is 38.1 Å². The van der Waals surface area contributed by atoms with Crippen LogP contribution in [0.15, 0.2) is 18.5 Å². The summed E-state index contributed by atoms with van der Waals surface area (Å²) in [7, 11) is 0. The fourth-order valence-corrected chi connectivity index (χ4v) is 1.21. The van der Waals surface area contributed by atoms with Crippen LogP contribution in [0.5, 0.6) is 0 Å². The average Bonchev–Trinajstić information content (AvgIpc) is 2.32. The Bertz CT molecular complexity index is 310. The number of aromatic nitrogens is 2. The largest absolute Gasteiger partial charge is 0.368 e. The molecule has 1 fully saturated rings. The molecule has 1 N–H and O–H groups in total. The Morgan fingerprint density at radius 3 is 2.60 bits per heavy atom. The van der Waals surface area contributed by atoms with E-state index in [1.807, 2.05) is 0 Å². The number of ether oxygens (including phenoxy) is 1. The van der Waals surface area contributed by atoms with Crippen molar-refractivity contribution >= 4 is 11.6 Å². The van der Waals surface area contributed by atoms with Crippen LogP contribution in [-0.2, 0) is 16.3 Å². The summed E-state index contributed by atoms with van der Waals surface area (Å²) in [4.78, 5) is 8.25. The standard InChI is InChI=1S/C8H11N3O.O2S/c1-2-10-8(11-3-1)7-6-9-4-5-12-7;1-3-2/h1-3,7,9H,4-6H2;. The van der Waals surface area contributed by atoms with Gasteiger partial charge in [0.2, 0.25) is 0 Å². The SMILES string of the molecule is O=S=O.c1cnc(C2CNCCO2)nc1. The first kappa shape index (κ1) is 11.9. The van der Waals surface area contributed by atoms with Crippen LogP contribution in [0.1, 0.15) is 11.9 Å². The van der Waals surface area contributed by atoms with Crippen LogP contribution in [0.2, 0.25) is 0 Å². The van der Waals surface area contributed by atoms with E-state index in [1.54, 1.807) is 18.5 Å². The second kappa shape index (κ2) is 7.16. The summed E-state index contributed by atoms with van der Waals surface area (Å²) in [5.74, 6) is 0.768. The third-order valence-electron chi connectivity index (χ3n) is 1.80. The molecule has 6 nitrogen and oxygen atoms in total. The fraction of sp³-hybridized carbons (Fsp3) is 0.500. The van der Waals surface area contributed by atoms with Crippen LogP contribution >= 0.6 is 0 Å². The minimum absolute atomic E-state index is 0.0277. The first-order valence-corrected chi connectivity index (χ1v) is 5.06. The molecule has 7 heteroatoms. The summed E-state index contributed by atoms with van der Waals surface area (Å²) in [6.45, 7) is 2.47. The van der Waals surface area contributed by atoms with Crippen molar-refractivity contribution in [3.63, 3.8) is 0 Å². The van der Waals surface area contributed by atoms with Gasteiger partial charge in [0.1, 0.15) is 6.10 Å². The molecule has 0 amide bonds. The third kappa shape index (κ3) is 4.24. The van der Waals surface area contributed by atoms with Crippen LogP contribution in [0.25, 0.3) is 0 Å². The summed E-state index contributed by atoms with van der Waals surface area (Å²) < 4.78 is 22.1. The van der Waals surface area contributed by atoms with Gasteiger partial charge in [0.15, 0.2) is 5.82 Å². The maximum absolute atomic E-state index is 8.29. The van der Waals surface area contributed by atoms with Crippen LogP contribution in [0.3, 0.4) is 0 Å². The molecule has 1 aromatic rings. The summed E-state index contributed by atoms with van der Waals surface area (Å²) in [5, 5.41) is 3.23. The van der Waals surface area contributed by atoms with E-state index in [9.17, 15) is 0 Å². The van der Waals surface area contributed by atoms with Gasteiger partial charge in [-0.15, -0.1) is 0 Å². The number of hydrogen-bond acceptors (Lipinski definition) is 6. The molecule has 15 heavy (non-hydrogen) atoms. The maximum Gasteiger partial charge on any atom is 0.335 e. The highest BCUT2D eigenvalue weighted by atomic mass is 32.1. The maximum atomic E-state index is 8.29. The molecule has 2 rings (SSSR count). The molecule has 0 bridgehead atoms. The predicted molar refractivity (Wildman–Crippen MR) is 52.5 cm³/mol. The molecule has 2 heterocycles. The Hall–Kier alpha value is -1.18. The van der Waals surface area contributed by atoms with E-state index in [0.717, 1.165) is 25.5 Å². The van der Waals surface area contributed by atoms with Crippen molar-refractivity contribution in [2.75, 3.05) is 19.7 Å². The van der Waals surface area contributed by atoms with Gasteiger partial charge < -0.3 is 10.1 Å². The van der Waals surface area contributed by atoms with E-state index >= 15 is 0 Å². The molecule has 0 spiro atoms. The first-order chi connectivity index (χ1) is 7.38. The van der Waals surface area contributed by atoms with Gasteiger partial charge in [-0.2, -0.15) is 8.42 Å². The Balaban J connectivity index is 0.000000337. The van der Waals surface area contributed by atoms with Crippen molar-refractivity contribution in [3.8, 4) is 0 Å². The lowest BCUT2D eigenvalue weighted by atomic mass is 10.3. The monoisotopic (exact) mass is 229 g/mol. The summed E-state index contributed by atoms with van der Waals surface area (Å²) in [6, 6.07) is 1.81. The third-order valence-corrected chi connectivity index (χ3v) is 1.80. The van der Waals surface area contributed by atoms with E-state index in [2.05, 4.69) is 15.3 Å².